The van der Waals surface area contributed by atoms with E-state index in [1.54, 1.807) is 0 Å². The molecule has 2 rings (SSSR count). The van der Waals surface area contributed by atoms with Crippen molar-refractivity contribution in [1.29, 1.82) is 0 Å². The lowest BCUT2D eigenvalue weighted by Crippen LogP contribution is -2.43. The molecule has 0 amide bonds. The molecule has 3 heteroatoms. The molecule has 18 heavy (non-hydrogen) atoms. The summed E-state index contributed by atoms with van der Waals surface area (Å²) in [7, 11) is 0. The van der Waals surface area contributed by atoms with E-state index < -0.39 is 0 Å². The van der Waals surface area contributed by atoms with Crippen LogP contribution in [0.4, 0.5) is 0 Å². The minimum Gasteiger partial charge on any atom is -0.381 e. The summed E-state index contributed by atoms with van der Waals surface area (Å²) >= 11 is 0. The average molecular weight is 254 g/mol. The SMILES string of the molecule is CC(C)C1CCCN(CC(N)C2CCOC2)CC1. The van der Waals surface area contributed by atoms with Crippen LogP contribution in [0, 0.1) is 17.8 Å². The molecule has 3 atom stereocenters. The minimum absolute atomic E-state index is 0.308. The molecule has 0 aliphatic carbocycles. The lowest BCUT2D eigenvalue weighted by molar-refractivity contribution is 0.170. The topological polar surface area (TPSA) is 38.5 Å². The van der Waals surface area contributed by atoms with Crippen LogP contribution in [-0.4, -0.2) is 43.8 Å². The van der Waals surface area contributed by atoms with Crippen molar-refractivity contribution < 1.29 is 4.74 Å². The first-order valence-corrected chi connectivity index (χ1v) is 7.72. The van der Waals surface area contributed by atoms with E-state index in [0.717, 1.165) is 38.0 Å². The molecule has 2 N–H and O–H groups in total. The first-order chi connectivity index (χ1) is 8.66. The molecule has 3 nitrogen and oxygen atoms in total. The average Bonchev–Trinajstić information content (AvgIpc) is 2.77. The zero-order valence-corrected chi connectivity index (χ0v) is 12.1. The van der Waals surface area contributed by atoms with Crippen molar-refractivity contribution in [2.24, 2.45) is 23.5 Å². The molecule has 0 aromatic heterocycles. The maximum absolute atomic E-state index is 6.33. The van der Waals surface area contributed by atoms with Crippen molar-refractivity contribution in [3.05, 3.63) is 0 Å². The van der Waals surface area contributed by atoms with Crippen molar-refractivity contribution in [2.45, 2.75) is 45.6 Å². The predicted octanol–water partition coefficient (Wildman–Crippen LogP) is 2.11. The lowest BCUT2D eigenvalue weighted by atomic mass is 9.89. The second kappa shape index (κ2) is 6.88. The van der Waals surface area contributed by atoms with Crippen LogP contribution in [0.25, 0.3) is 0 Å². The third kappa shape index (κ3) is 3.94. The zero-order valence-electron chi connectivity index (χ0n) is 12.1. The Balaban J connectivity index is 1.75. The van der Waals surface area contributed by atoms with Gasteiger partial charge in [-0.15, -0.1) is 0 Å². The predicted molar refractivity (Wildman–Crippen MR) is 75.5 cm³/mol. The van der Waals surface area contributed by atoms with Crippen LogP contribution < -0.4 is 5.73 Å². The highest BCUT2D eigenvalue weighted by Gasteiger charge is 2.26. The fourth-order valence-electron chi connectivity index (χ4n) is 3.37. The molecule has 2 fully saturated rings. The molecule has 106 valence electrons. The van der Waals surface area contributed by atoms with E-state index in [0.29, 0.717) is 12.0 Å². The Morgan fingerprint density at radius 2 is 2.00 bits per heavy atom. The second-order valence-electron chi connectivity index (χ2n) is 6.52. The van der Waals surface area contributed by atoms with Crippen molar-refractivity contribution in [3.8, 4) is 0 Å². The highest BCUT2D eigenvalue weighted by Crippen LogP contribution is 2.25. The molecule has 0 bridgehead atoms. The van der Waals surface area contributed by atoms with Crippen molar-refractivity contribution in [1.82, 2.24) is 4.90 Å². The standard InChI is InChI=1S/C15H30N2O/c1-12(2)13-4-3-7-17(8-5-13)10-15(16)14-6-9-18-11-14/h12-15H,3-11,16H2,1-2H3. The van der Waals surface area contributed by atoms with Crippen molar-refractivity contribution >= 4 is 0 Å². The third-order valence-electron chi connectivity index (χ3n) is 4.85. The summed E-state index contributed by atoms with van der Waals surface area (Å²) in [4.78, 5) is 2.59. The van der Waals surface area contributed by atoms with Gasteiger partial charge in [0.1, 0.15) is 0 Å². The van der Waals surface area contributed by atoms with E-state index in [1.807, 2.05) is 0 Å². The van der Waals surface area contributed by atoms with Crippen LogP contribution in [0.3, 0.4) is 0 Å². The Bertz CT molecular complexity index is 239. The van der Waals surface area contributed by atoms with Gasteiger partial charge in [0.05, 0.1) is 6.61 Å². The summed E-state index contributed by atoms with van der Waals surface area (Å²) in [6.07, 6.45) is 5.25. The highest BCUT2D eigenvalue weighted by molar-refractivity contribution is 4.81. The number of rotatable bonds is 4. The van der Waals surface area contributed by atoms with Gasteiger partial charge in [0.2, 0.25) is 0 Å². The number of hydrogen-bond acceptors (Lipinski definition) is 3. The van der Waals surface area contributed by atoms with Crippen LogP contribution in [0.2, 0.25) is 0 Å². The second-order valence-corrected chi connectivity index (χ2v) is 6.52. The Morgan fingerprint density at radius 3 is 2.67 bits per heavy atom. The quantitative estimate of drug-likeness (QED) is 0.835. The number of nitrogens with two attached hydrogens (primary N) is 1. The van der Waals surface area contributed by atoms with Crippen LogP contribution in [0.5, 0.6) is 0 Å². The van der Waals surface area contributed by atoms with Gasteiger partial charge in [0.15, 0.2) is 0 Å². The fourth-order valence-corrected chi connectivity index (χ4v) is 3.37. The third-order valence-corrected chi connectivity index (χ3v) is 4.85. The minimum atomic E-state index is 0.308. The largest absolute Gasteiger partial charge is 0.381 e. The Kier molecular flexibility index (Phi) is 5.46. The van der Waals surface area contributed by atoms with Crippen molar-refractivity contribution in [3.63, 3.8) is 0 Å². The monoisotopic (exact) mass is 254 g/mol. The summed E-state index contributed by atoms with van der Waals surface area (Å²) in [5, 5.41) is 0. The first-order valence-electron chi connectivity index (χ1n) is 7.72. The van der Waals surface area contributed by atoms with Gasteiger partial charge in [0.25, 0.3) is 0 Å². The molecule has 0 saturated carbocycles. The Morgan fingerprint density at radius 1 is 1.17 bits per heavy atom. The van der Waals surface area contributed by atoms with Crippen LogP contribution in [0.15, 0.2) is 0 Å². The molecule has 3 unspecified atom stereocenters. The van der Waals surface area contributed by atoms with E-state index >= 15 is 0 Å². The van der Waals surface area contributed by atoms with E-state index in [9.17, 15) is 0 Å². The van der Waals surface area contributed by atoms with Gasteiger partial charge in [-0.1, -0.05) is 13.8 Å². The molecule has 2 saturated heterocycles. The number of hydrogen-bond donors (Lipinski definition) is 1. The van der Waals surface area contributed by atoms with Crippen molar-refractivity contribution in [2.75, 3.05) is 32.8 Å². The van der Waals surface area contributed by atoms with Gasteiger partial charge in [0, 0.05) is 25.1 Å². The van der Waals surface area contributed by atoms with E-state index in [1.165, 1.54) is 32.4 Å². The van der Waals surface area contributed by atoms with Gasteiger partial charge in [-0.05, 0) is 50.6 Å². The molecule has 0 radical (unpaired) electrons. The first kappa shape index (κ1) is 14.3. The maximum atomic E-state index is 6.33. The van der Waals surface area contributed by atoms with E-state index in [4.69, 9.17) is 10.5 Å². The summed E-state index contributed by atoms with van der Waals surface area (Å²) in [5.74, 6) is 2.34. The van der Waals surface area contributed by atoms with Gasteiger partial charge in [-0.25, -0.2) is 0 Å². The summed E-state index contributed by atoms with van der Waals surface area (Å²) in [6.45, 7) is 10.1. The van der Waals surface area contributed by atoms with Crippen LogP contribution in [0.1, 0.15) is 39.5 Å². The highest BCUT2D eigenvalue weighted by atomic mass is 16.5. The molecule has 0 aromatic rings. The molecule has 0 aromatic carbocycles. The summed E-state index contributed by atoms with van der Waals surface area (Å²) < 4.78 is 5.44. The fraction of sp³-hybridized carbons (Fsp3) is 1.00. The molecular weight excluding hydrogens is 224 g/mol. The molecular formula is C15H30N2O. The zero-order chi connectivity index (χ0) is 13.0. The molecule has 0 spiro atoms. The van der Waals surface area contributed by atoms with Gasteiger partial charge >= 0.3 is 0 Å². The molecule has 2 heterocycles. The van der Waals surface area contributed by atoms with E-state index in [2.05, 4.69) is 18.7 Å². The number of ether oxygens (including phenoxy) is 1. The molecule has 2 aliphatic rings. The Labute approximate surface area is 112 Å². The summed E-state index contributed by atoms with van der Waals surface area (Å²) in [6, 6.07) is 0.308. The lowest BCUT2D eigenvalue weighted by Gasteiger charge is -2.27. The normalized spacial score (nSPS) is 32.7. The molecule has 2 aliphatic heterocycles. The van der Waals surface area contributed by atoms with Gasteiger partial charge in [-0.2, -0.15) is 0 Å². The van der Waals surface area contributed by atoms with E-state index in [-0.39, 0.29) is 0 Å². The van der Waals surface area contributed by atoms with Gasteiger partial charge < -0.3 is 15.4 Å². The van der Waals surface area contributed by atoms with Crippen LogP contribution in [-0.2, 0) is 4.74 Å². The van der Waals surface area contributed by atoms with Gasteiger partial charge in [-0.3, -0.25) is 0 Å². The smallest absolute Gasteiger partial charge is 0.0510 e. The Hall–Kier alpha value is -0.120. The number of likely N-dealkylation sites (tertiary alicyclic amines) is 1. The number of nitrogens with zero attached hydrogens (tertiary/aromatic N) is 1. The maximum Gasteiger partial charge on any atom is 0.0510 e. The van der Waals surface area contributed by atoms with Crippen LogP contribution >= 0.6 is 0 Å². The summed E-state index contributed by atoms with van der Waals surface area (Å²) in [5.41, 5.74) is 6.33.